The van der Waals surface area contributed by atoms with E-state index in [1.807, 2.05) is 6.07 Å². The van der Waals surface area contributed by atoms with Gasteiger partial charge in [-0.3, -0.25) is 0 Å². The molecule has 0 aliphatic heterocycles. The third-order valence-electron chi connectivity index (χ3n) is 4.10. The molecule has 2 unspecified atom stereocenters. The molecule has 2 heterocycles. The van der Waals surface area contributed by atoms with E-state index in [2.05, 4.69) is 32.3 Å². The predicted molar refractivity (Wildman–Crippen MR) is 81.0 cm³/mol. The lowest BCUT2D eigenvalue weighted by Crippen LogP contribution is -2.32. The summed E-state index contributed by atoms with van der Waals surface area (Å²) in [5, 5.41) is 7.57. The van der Waals surface area contributed by atoms with Gasteiger partial charge in [0, 0.05) is 18.4 Å². The second kappa shape index (κ2) is 6.07. The van der Waals surface area contributed by atoms with Gasteiger partial charge in [0.25, 0.3) is 5.95 Å². The van der Waals surface area contributed by atoms with Gasteiger partial charge in [-0.15, -0.1) is 0 Å². The summed E-state index contributed by atoms with van der Waals surface area (Å²) >= 11 is 0. The molecule has 2 aromatic heterocycles. The first-order chi connectivity index (χ1) is 10.3. The van der Waals surface area contributed by atoms with Gasteiger partial charge in [0.05, 0.1) is 0 Å². The number of nitrogens with zero attached hydrogens (tertiary/aromatic N) is 5. The Morgan fingerprint density at radius 2 is 2.14 bits per heavy atom. The molecule has 3 N–H and O–H groups in total. The molecule has 21 heavy (non-hydrogen) atoms. The summed E-state index contributed by atoms with van der Waals surface area (Å²) in [4.78, 5) is 12.8. The van der Waals surface area contributed by atoms with Crippen molar-refractivity contribution in [2.75, 3.05) is 11.1 Å². The van der Waals surface area contributed by atoms with Crippen LogP contribution in [0.4, 0.5) is 11.9 Å². The first-order valence-electron chi connectivity index (χ1n) is 7.54. The normalized spacial score (nSPS) is 22.1. The molecule has 0 spiro atoms. The van der Waals surface area contributed by atoms with E-state index in [1.165, 1.54) is 25.7 Å². The Morgan fingerprint density at radius 1 is 1.29 bits per heavy atom. The van der Waals surface area contributed by atoms with Crippen LogP contribution in [0, 0.1) is 5.92 Å². The van der Waals surface area contributed by atoms with Crippen molar-refractivity contribution in [1.82, 2.24) is 24.7 Å². The fourth-order valence-electron chi connectivity index (χ4n) is 2.99. The van der Waals surface area contributed by atoms with Gasteiger partial charge in [0.2, 0.25) is 11.9 Å². The molecule has 0 aromatic carbocycles. The van der Waals surface area contributed by atoms with Crippen molar-refractivity contribution in [3.05, 3.63) is 18.5 Å². The molecular weight excluding hydrogens is 266 g/mol. The monoisotopic (exact) mass is 287 g/mol. The average Bonchev–Trinajstić information content (AvgIpc) is 3.01. The molecule has 7 nitrogen and oxygen atoms in total. The molecular formula is C14H21N7. The first-order valence-corrected chi connectivity index (χ1v) is 7.54. The maximum Gasteiger partial charge on any atom is 0.257 e. The number of hydrogen-bond donors (Lipinski definition) is 2. The number of anilines is 2. The summed E-state index contributed by atoms with van der Waals surface area (Å²) in [5.41, 5.74) is 5.79. The lowest BCUT2D eigenvalue weighted by Gasteiger charge is -2.31. The lowest BCUT2D eigenvalue weighted by atomic mass is 9.83. The molecule has 2 aromatic rings. The van der Waals surface area contributed by atoms with Crippen molar-refractivity contribution in [1.29, 1.82) is 0 Å². The Morgan fingerprint density at radius 3 is 2.90 bits per heavy atom. The highest BCUT2D eigenvalue weighted by atomic mass is 15.4. The Bertz CT molecular complexity index is 581. The van der Waals surface area contributed by atoms with E-state index in [0.29, 0.717) is 23.9 Å². The van der Waals surface area contributed by atoms with Crippen LogP contribution in [-0.2, 0) is 0 Å². The van der Waals surface area contributed by atoms with Crippen LogP contribution in [0.3, 0.4) is 0 Å². The number of nitrogen functional groups attached to an aromatic ring is 1. The summed E-state index contributed by atoms with van der Waals surface area (Å²) in [6, 6.07) is 2.23. The van der Waals surface area contributed by atoms with Crippen LogP contribution < -0.4 is 11.1 Å². The topological polar surface area (TPSA) is 94.5 Å². The van der Waals surface area contributed by atoms with Crippen molar-refractivity contribution in [3.63, 3.8) is 0 Å². The minimum atomic E-state index is 0.210. The van der Waals surface area contributed by atoms with Gasteiger partial charge in [-0.05, 0) is 24.8 Å². The van der Waals surface area contributed by atoms with E-state index < -0.39 is 0 Å². The maximum atomic E-state index is 5.79. The highest BCUT2D eigenvalue weighted by molar-refractivity contribution is 5.35. The molecule has 7 heteroatoms. The molecule has 0 bridgehead atoms. The summed E-state index contributed by atoms with van der Waals surface area (Å²) in [7, 11) is 0. The quantitative estimate of drug-likeness (QED) is 0.893. The summed E-state index contributed by atoms with van der Waals surface area (Å²) in [6.07, 6.45) is 9.62. The van der Waals surface area contributed by atoms with Crippen LogP contribution >= 0.6 is 0 Å². The van der Waals surface area contributed by atoms with Gasteiger partial charge in [0.15, 0.2) is 0 Å². The molecule has 3 rings (SSSR count). The number of aromatic nitrogens is 5. The highest BCUT2D eigenvalue weighted by Crippen LogP contribution is 2.28. The number of rotatable bonds is 4. The fraction of sp³-hybridized carbons (Fsp3) is 0.571. The third kappa shape index (κ3) is 3.12. The fourth-order valence-corrected chi connectivity index (χ4v) is 2.99. The van der Waals surface area contributed by atoms with E-state index >= 15 is 0 Å². The van der Waals surface area contributed by atoms with Crippen LogP contribution in [0.25, 0.3) is 5.95 Å². The minimum absolute atomic E-state index is 0.210. The van der Waals surface area contributed by atoms with E-state index in [4.69, 9.17) is 5.73 Å². The number of hydrogen-bond acceptors (Lipinski definition) is 6. The zero-order valence-corrected chi connectivity index (χ0v) is 12.2. The van der Waals surface area contributed by atoms with Crippen LogP contribution in [-0.4, -0.2) is 30.8 Å². The van der Waals surface area contributed by atoms with Crippen LogP contribution in [0.5, 0.6) is 0 Å². The Kier molecular flexibility index (Phi) is 3.98. The van der Waals surface area contributed by atoms with Crippen molar-refractivity contribution < 1.29 is 0 Å². The summed E-state index contributed by atoms with van der Waals surface area (Å²) in [5.74, 6) is 1.86. The SMILES string of the molecule is CCC1CCCCC1Nc1nc(N)nc(-n2cccn2)n1. The zero-order chi connectivity index (χ0) is 14.7. The largest absolute Gasteiger partial charge is 0.368 e. The highest BCUT2D eigenvalue weighted by Gasteiger charge is 2.24. The molecule has 0 amide bonds. The van der Waals surface area contributed by atoms with Gasteiger partial charge < -0.3 is 11.1 Å². The van der Waals surface area contributed by atoms with Crippen molar-refractivity contribution in [3.8, 4) is 5.95 Å². The molecule has 1 fully saturated rings. The van der Waals surface area contributed by atoms with Gasteiger partial charge in [-0.25, -0.2) is 4.68 Å². The van der Waals surface area contributed by atoms with E-state index in [9.17, 15) is 0 Å². The smallest absolute Gasteiger partial charge is 0.257 e. The summed E-state index contributed by atoms with van der Waals surface area (Å²) in [6.45, 7) is 2.24. The zero-order valence-electron chi connectivity index (χ0n) is 12.2. The second-order valence-electron chi connectivity index (χ2n) is 5.47. The van der Waals surface area contributed by atoms with E-state index in [0.717, 1.165) is 6.42 Å². The lowest BCUT2D eigenvalue weighted by molar-refractivity contribution is 0.316. The van der Waals surface area contributed by atoms with Crippen LogP contribution in [0.2, 0.25) is 0 Å². The van der Waals surface area contributed by atoms with Gasteiger partial charge in [0.1, 0.15) is 0 Å². The Labute approximate surface area is 124 Å². The third-order valence-corrected chi connectivity index (χ3v) is 4.10. The molecule has 0 saturated heterocycles. The van der Waals surface area contributed by atoms with Crippen LogP contribution in [0.1, 0.15) is 39.0 Å². The van der Waals surface area contributed by atoms with Crippen molar-refractivity contribution in [2.24, 2.45) is 5.92 Å². The van der Waals surface area contributed by atoms with E-state index in [1.54, 1.807) is 17.1 Å². The minimum Gasteiger partial charge on any atom is -0.368 e. The Hall–Kier alpha value is -2.18. The van der Waals surface area contributed by atoms with Gasteiger partial charge in [-0.2, -0.15) is 20.1 Å². The predicted octanol–water partition coefficient (Wildman–Crippen LogP) is 2.02. The number of nitrogens with two attached hydrogens (primary N) is 1. The molecule has 1 aliphatic rings. The van der Waals surface area contributed by atoms with Crippen molar-refractivity contribution >= 4 is 11.9 Å². The second-order valence-corrected chi connectivity index (χ2v) is 5.47. The molecule has 112 valence electrons. The van der Waals surface area contributed by atoms with Gasteiger partial charge >= 0.3 is 0 Å². The molecule has 1 aliphatic carbocycles. The Balaban J connectivity index is 1.82. The summed E-state index contributed by atoms with van der Waals surface area (Å²) < 4.78 is 1.58. The molecule has 0 radical (unpaired) electrons. The molecule has 1 saturated carbocycles. The number of nitrogens with one attached hydrogen (secondary N) is 1. The average molecular weight is 287 g/mol. The van der Waals surface area contributed by atoms with E-state index in [-0.39, 0.29) is 5.95 Å². The molecule has 2 atom stereocenters. The van der Waals surface area contributed by atoms with Crippen molar-refractivity contribution in [2.45, 2.75) is 45.1 Å². The first kappa shape index (κ1) is 13.8. The van der Waals surface area contributed by atoms with Crippen LogP contribution in [0.15, 0.2) is 18.5 Å². The van der Waals surface area contributed by atoms with Gasteiger partial charge in [-0.1, -0.05) is 26.2 Å². The maximum absolute atomic E-state index is 5.79. The standard InChI is InChI=1S/C14H21N7/c1-2-10-6-3-4-7-11(10)17-13-18-12(15)19-14(20-13)21-9-5-8-16-21/h5,8-11H,2-4,6-7H2,1H3,(H3,15,17,18,19,20).